The van der Waals surface area contributed by atoms with Crippen LogP contribution in [-0.2, 0) is 4.79 Å². The average molecular weight is 260 g/mol. The summed E-state index contributed by atoms with van der Waals surface area (Å²) in [7, 11) is 0. The smallest absolute Gasteiger partial charge is 0.246 e. The Morgan fingerprint density at radius 1 is 1.32 bits per heavy atom. The maximum absolute atomic E-state index is 11.8. The van der Waals surface area contributed by atoms with Gasteiger partial charge in [0.2, 0.25) is 5.91 Å². The topological polar surface area (TPSA) is 82.5 Å². The van der Waals surface area contributed by atoms with Crippen molar-refractivity contribution in [1.29, 1.82) is 0 Å². The molecule has 2 aliphatic rings. The third kappa shape index (κ3) is 1.91. The number of aryl methyl sites for hydroxylation is 1. The number of rotatable bonds is 1. The Bertz CT molecular complexity index is 582. The van der Waals surface area contributed by atoms with E-state index < -0.39 is 0 Å². The normalized spacial score (nSPS) is 21.6. The fourth-order valence-corrected chi connectivity index (χ4v) is 2.29. The SMILES string of the molecule is CC1=NCCN1c1nc(C)nc2c1NC(=O)C(C)N2. The van der Waals surface area contributed by atoms with E-state index in [0.717, 1.165) is 18.9 Å². The Hall–Kier alpha value is -2.18. The van der Waals surface area contributed by atoms with Gasteiger partial charge in [-0.05, 0) is 20.8 Å². The van der Waals surface area contributed by atoms with Crippen LogP contribution >= 0.6 is 0 Å². The van der Waals surface area contributed by atoms with Crippen LogP contribution in [0, 0.1) is 6.92 Å². The molecule has 2 N–H and O–H groups in total. The number of anilines is 3. The van der Waals surface area contributed by atoms with Gasteiger partial charge in [0.1, 0.15) is 23.4 Å². The molecule has 100 valence electrons. The second kappa shape index (κ2) is 4.18. The zero-order chi connectivity index (χ0) is 13.6. The second-order valence-electron chi connectivity index (χ2n) is 4.75. The molecule has 0 aromatic carbocycles. The van der Waals surface area contributed by atoms with E-state index in [2.05, 4.69) is 25.6 Å². The van der Waals surface area contributed by atoms with Crippen molar-refractivity contribution >= 4 is 29.1 Å². The number of amides is 1. The van der Waals surface area contributed by atoms with Gasteiger partial charge in [-0.25, -0.2) is 9.97 Å². The van der Waals surface area contributed by atoms with E-state index in [0.29, 0.717) is 23.1 Å². The largest absolute Gasteiger partial charge is 0.357 e. The van der Waals surface area contributed by atoms with Crippen LogP contribution in [0.15, 0.2) is 4.99 Å². The number of aromatic nitrogens is 2. The molecule has 1 aromatic heterocycles. The van der Waals surface area contributed by atoms with E-state index in [1.165, 1.54) is 0 Å². The predicted molar refractivity (Wildman–Crippen MR) is 73.8 cm³/mol. The molecule has 1 unspecified atom stereocenters. The summed E-state index contributed by atoms with van der Waals surface area (Å²) in [6.07, 6.45) is 0. The van der Waals surface area contributed by atoms with Crippen LogP contribution in [0.5, 0.6) is 0 Å². The van der Waals surface area contributed by atoms with E-state index in [1.807, 2.05) is 18.7 Å². The molecule has 0 saturated heterocycles. The standard InChI is InChI=1S/C12H16N6O/c1-6-12(19)17-9-10(14-6)15-7(2)16-11(9)18-5-4-13-8(18)3/h6H,4-5H2,1-3H3,(H,17,19)(H,14,15,16). The highest BCUT2D eigenvalue weighted by Gasteiger charge is 2.29. The highest BCUT2D eigenvalue weighted by atomic mass is 16.2. The van der Waals surface area contributed by atoms with Crippen molar-refractivity contribution in [3.63, 3.8) is 0 Å². The molecule has 0 bridgehead atoms. The summed E-state index contributed by atoms with van der Waals surface area (Å²) in [5.74, 6) is 2.90. The summed E-state index contributed by atoms with van der Waals surface area (Å²) in [4.78, 5) is 27.0. The first-order valence-electron chi connectivity index (χ1n) is 6.31. The minimum atomic E-state index is -0.289. The summed E-state index contributed by atoms with van der Waals surface area (Å²) >= 11 is 0. The van der Waals surface area contributed by atoms with Crippen molar-refractivity contribution in [3.05, 3.63) is 5.82 Å². The number of carbonyl (C=O) groups is 1. The van der Waals surface area contributed by atoms with Gasteiger partial charge in [-0.1, -0.05) is 0 Å². The van der Waals surface area contributed by atoms with E-state index in [1.54, 1.807) is 6.92 Å². The van der Waals surface area contributed by atoms with Crippen molar-refractivity contribution in [2.75, 3.05) is 28.6 Å². The lowest BCUT2D eigenvalue weighted by molar-refractivity contribution is -0.116. The lowest BCUT2D eigenvalue weighted by atomic mass is 10.2. The molecular formula is C12H16N6O. The third-order valence-electron chi connectivity index (χ3n) is 3.31. The van der Waals surface area contributed by atoms with Crippen molar-refractivity contribution in [2.45, 2.75) is 26.8 Å². The number of aliphatic imine (C=N–C) groups is 1. The highest BCUT2D eigenvalue weighted by molar-refractivity contribution is 6.08. The van der Waals surface area contributed by atoms with Crippen LogP contribution in [0.4, 0.5) is 17.3 Å². The monoisotopic (exact) mass is 260 g/mol. The van der Waals surface area contributed by atoms with Crippen LogP contribution in [0.2, 0.25) is 0 Å². The van der Waals surface area contributed by atoms with Crippen LogP contribution in [0.3, 0.4) is 0 Å². The molecule has 3 rings (SSSR count). The number of nitrogens with zero attached hydrogens (tertiary/aromatic N) is 4. The molecular weight excluding hydrogens is 244 g/mol. The molecule has 19 heavy (non-hydrogen) atoms. The average Bonchev–Trinajstić information content (AvgIpc) is 2.77. The van der Waals surface area contributed by atoms with Gasteiger partial charge in [0, 0.05) is 6.54 Å². The van der Waals surface area contributed by atoms with Crippen molar-refractivity contribution < 1.29 is 4.79 Å². The van der Waals surface area contributed by atoms with Crippen LogP contribution in [-0.4, -0.2) is 40.8 Å². The molecule has 7 nitrogen and oxygen atoms in total. The van der Waals surface area contributed by atoms with Crippen LogP contribution in [0.1, 0.15) is 19.7 Å². The molecule has 0 radical (unpaired) electrons. The minimum absolute atomic E-state index is 0.0741. The lowest BCUT2D eigenvalue weighted by Crippen LogP contribution is -2.39. The maximum atomic E-state index is 11.8. The lowest BCUT2D eigenvalue weighted by Gasteiger charge is -2.28. The maximum Gasteiger partial charge on any atom is 0.246 e. The summed E-state index contributed by atoms with van der Waals surface area (Å²) in [6.45, 7) is 7.12. The van der Waals surface area contributed by atoms with Crippen LogP contribution < -0.4 is 15.5 Å². The van der Waals surface area contributed by atoms with Crippen molar-refractivity contribution in [3.8, 4) is 0 Å². The van der Waals surface area contributed by atoms with E-state index in [9.17, 15) is 4.79 Å². The van der Waals surface area contributed by atoms with Gasteiger partial charge in [0.15, 0.2) is 11.6 Å². The Labute approximate surface area is 111 Å². The zero-order valence-electron chi connectivity index (χ0n) is 11.2. The van der Waals surface area contributed by atoms with Gasteiger partial charge in [-0.3, -0.25) is 9.79 Å². The van der Waals surface area contributed by atoms with E-state index in [4.69, 9.17) is 0 Å². The minimum Gasteiger partial charge on any atom is -0.357 e. The molecule has 1 aromatic rings. The van der Waals surface area contributed by atoms with Gasteiger partial charge in [-0.2, -0.15) is 0 Å². The van der Waals surface area contributed by atoms with Gasteiger partial charge in [0.25, 0.3) is 0 Å². The first-order valence-corrected chi connectivity index (χ1v) is 6.31. The van der Waals surface area contributed by atoms with Crippen LogP contribution in [0.25, 0.3) is 0 Å². The van der Waals surface area contributed by atoms with Gasteiger partial charge >= 0.3 is 0 Å². The second-order valence-corrected chi connectivity index (χ2v) is 4.75. The van der Waals surface area contributed by atoms with Gasteiger partial charge in [-0.15, -0.1) is 0 Å². The first kappa shape index (κ1) is 11.9. The van der Waals surface area contributed by atoms with Crippen molar-refractivity contribution in [1.82, 2.24) is 9.97 Å². The number of nitrogens with one attached hydrogen (secondary N) is 2. The van der Waals surface area contributed by atoms with Crippen molar-refractivity contribution in [2.24, 2.45) is 4.99 Å². The fourth-order valence-electron chi connectivity index (χ4n) is 2.29. The van der Waals surface area contributed by atoms with E-state index in [-0.39, 0.29) is 11.9 Å². The number of carbonyl (C=O) groups excluding carboxylic acids is 1. The number of fused-ring (bicyclic) bond motifs is 1. The Morgan fingerprint density at radius 2 is 2.11 bits per heavy atom. The summed E-state index contributed by atoms with van der Waals surface area (Å²) < 4.78 is 0. The van der Waals surface area contributed by atoms with Gasteiger partial charge < -0.3 is 15.5 Å². The van der Waals surface area contributed by atoms with Gasteiger partial charge in [0.05, 0.1) is 6.54 Å². The predicted octanol–water partition coefficient (Wildman–Crippen LogP) is 0.776. The molecule has 0 aliphatic carbocycles. The molecule has 3 heterocycles. The number of amidine groups is 1. The first-order chi connectivity index (χ1) is 9.06. The molecule has 7 heteroatoms. The molecule has 0 spiro atoms. The molecule has 1 amide bonds. The summed E-state index contributed by atoms with van der Waals surface area (Å²) in [5, 5.41) is 5.98. The molecule has 1 atom stereocenters. The van der Waals surface area contributed by atoms with E-state index >= 15 is 0 Å². The highest BCUT2D eigenvalue weighted by Crippen LogP contribution is 2.34. The Balaban J connectivity index is 2.10. The summed E-state index contributed by atoms with van der Waals surface area (Å²) in [5.41, 5.74) is 0.644. The number of hydrogen-bond acceptors (Lipinski definition) is 6. The Kier molecular flexibility index (Phi) is 2.62. The molecule has 0 fully saturated rings. The third-order valence-corrected chi connectivity index (χ3v) is 3.31. The molecule has 2 aliphatic heterocycles. The zero-order valence-corrected chi connectivity index (χ0v) is 11.2. The fraction of sp³-hybridized carbons (Fsp3) is 0.500. The number of hydrogen-bond donors (Lipinski definition) is 2. The summed E-state index contributed by atoms with van der Waals surface area (Å²) in [6, 6.07) is -0.289. The quantitative estimate of drug-likeness (QED) is 0.779. The Morgan fingerprint density at radius 3 is 2.79 bits per heavy atom. The molecule has 0 saturated carbocycles.